The van der Waals surface area contributed by atoms with Gasteiger partial charge in [-0.3, -0.25) is 48.7 Å². The van der Waals surface area contributed by atoms with Gasteiger partial charge in [-0.1, -0.05) is 105 Å². The van der Waals surface area contributed by atoms with Crippen LogP contribution in [0.1, 0.15) is 139 Å². The van der Waals surface area contributed by atoms with Crippen molar-refractivity contribution in [3.63, 3.8) is 0 Å². The third kappa shape index (κ3) is 19.9. The fourth-order valence-corrected chi connectivity index (χ4v) is 12.4. The molecule has 0 unspecified atom stereocenters. The second-order valence-electron chi connectivity index (χ2n) is 24.6. The number of nitro groups is 1. The third-order valence-corrected chi connectivity index (χ3v) is 17.3. The summed E-state index contributed by atoms with van der Waals surface area (Å²) in [7, 11) is 9.66. The van der Waals surface area contributed by atoms with E-state index in [0.717, 1.165) is 32.6 Å². The molecule has 24 heteroatoms. The van der Waals surface area contributed by atoms with Crippen molar-refractivity contribution in [2.24, 2.45) is 41.4 Å². The maximum absolute atomic E-state index is 14.6. The van der Waals surface area contributed by atoms with Gasteiger partial charge >= 0.3 is 29.7 Å². The van der Waals surface area contributed by atoms with Crippen molar-refractivity contribution in [2.75, 3.05) is 62.3 Å². The van der Waals surface area contributed by atoms with E-state index in [0.29, 0.717) is 25.8 Å². The van der Waals surface area contributed by atoms with E-state index < -0.39 is 120 Å². The largest absolute Gasteiger partial charge is 0.467 e. The van der Waals surface area contributed by atoms with Gasteiger partial charge in [0.05, 0.1) is 60.8 Å². The van der Waals surface area contributed by atoms with Crippen LogP contribution in [-0.2, 0) is 78.1 Å². The van der Waals surface area contributed by atoms with Crippen molar-refractivity contribution in [3.8, 4) is 5.75 Å². The lowest BCUT2D eigenvalue weighted by Gasteiger charge is -2.42. The lowest BCUT2D eigenvalue weighted by atomic mass is 9.83. The summed E-state index contributed by atoms with van der Waals surface area (Å²) in [4.78, 5) is 127. The number of Topliss-reactive ketones (excluding diaryl/α,β-unsaturated/α-hetero) is 2. The number of hydrogen-bond donors (Lipinski definition) is 0. The highest BCUT2D eigenvalue weighted by Gasteiger charge is 2.53. The topological polar surface area (TPSA) is 276 Å². The Morgan fingerprint density at radius 2 is 1.44 bits per heavy atom. The first-order valence-electron chi connectivity index (χ1n) is 30.9. The smallest absolute Gasteiger partial charge is 0.411 e. The van der Waals surface area contributed by atoms with Crippen LogP contribution in [0.3, 0.4) is 0 Å². The molecule has 15 atom stereocenters. The lowest BCUT2D eigenvalue weighted by Crippen LogP contribution is -2.60. The van der Waals surface area contributed by atoms with E-state index in [9.17, 15) is 48.5 Å². The molecule has 498 valence electrons. The van der Waals surface area contributed by atoms with Crippen LogP contribution in [0.5, 0.6) is 5.75 Å². The number of ether oxygens (including phenoxy) is 9. The SMILES string of the molecule is CC[C@H](C)[C@@H]([C@@H](CC(=O)N1CCC[C@H]1[C@H](OC)[C@@H](C)C(=O)C[C@H](C)[C@@H](OCN(CC)C(=O)OCc1ccc(O[C@@H]2O[C@H](C(=O)OC)[C@@H](OC(C)=O)[C@H](OC(C)=O)[C@H]2C)c([N+](=O)[O-])c1)c1ccccc1)OC)N(C)C(=O)[C@@H](CC(=O)[C@H](C(C)C)N(C)C)C(C)C. The normalized spacial score (nSPS) is 21.5. The molecule has 2 aromatic carbocycles. The molecule has 2 aliphatic heterocycles. The van der Waals surface area contributed by atoms with Gasteiger partial charge in [0, 0.05) is 78.9 Å². The summed E-state index contributed by atoms with van der Waals surface area (Å²) in [5.41, 5.74) is 0.411. The van der Waals surface area contributed by atoms with Gasteiger partial charge in [0.25, 0.3) is 0 Å². The van der Waals surface area contributed by atoms with Crippen molar-refractivity contribution < 1.29 is 85.9 Å². The van der Waals surface area contributed by atoms with E-state index >= 15 is 0 Å². The van der Waals surface area contributed by atoms with Crippen LogP contribution >= 0.6 is 0 Å². The Bertz CT molecular complexity index is 2680. The number of amides is 3. The van der Waals surface area contributed by atoms with Crippen LogP contribution in [0.25, 0.3) is 0 Å². The van der Waals surface area contributed by atoms with Crippen molar-refractivity contribution in [3.05, 3.63) is 69.8 Å². The molecule has 0 N–H and O–H groups in total. The highest BCUT2D eigenvalue weighted by Crippen LogP contribution is 2.38. The van der Waals surface area contributed by atoms with E-state index in [1.807, 2.05) is 97.8 Å². The first-order chi connectivity index (χ1) is 42.0. The molecule has 2 aromatic rings. The summed E-state index contributed by atoms with van der Waals surface area (Å²) in [6, 6.07) is 11.8. The van der Waals surface area contributed by atoms with Gasteiger partial charge < -0.3 is 52.4 Å². The first-order valence-corrected chi connectivity index (χ1v) is 30.9. The number of benzene rings is 2. The number of rotatable bonds is 34. The van der Waals surface area contributed by atoms with Crippen LogP contribution in [0.4, 0.5) is 10.5 Å². The number of carbonyl (C=O) groups is 8. The average Bonchev–Trinajstić information content (AvgIpc) is 1.07. The molecule has 89 heavy (non-hydrogen) atoms. The molecule has 2 fully saturated rings. The number of likely N-dealkylation sites (tertiary alicyclic amines) is 1. The van der Waals surface area contributed by atoms with Crippen LogP contribution in [0.15, 0.2) is 48.5 Å². The van der Waals surface area contributed by atoms with Crippen molar-refractivity contribution >= 4 is 53.1 Å². The van der Waals surface area contributed by atoms with Crippen LogP contribution < -0.4 is 4.74 Å². The predicted octanol–water partition coefficient (Wildman–Crippen LogP) is 8.38. The maximum atomic E-state index is 14.6. The van der Waals surface area contributed by atoms with Gasteiger partial charge in [-0.15, -0.1) is 0 Å². The van der Waals surface area contributed by atoms with E-state index in [-0.39, 0.29) is 91.0 Å². The summed E-state index contributed by atoms with van der Waals surface area (Å²) in [6.45, 7) is 21.0. The van der Waals surface area contributed by atoms with Crippen LogP contribution in [-0.4, -0.2) is 189 Å². The summed E-state index contributed by atoms with van der Waals surface area (Å²) in [6.07, 6.45) is -6.51. The Labute approximate surface area is 525 Å². The molecule has 2 heterocycles. The van der Waals surface area contributed by atoms with Crippen LogP contribution in [0.2, 0.25) is 0 Å². The Balaban J connectivity index is 1.46. The number of carbonyl (C=O) groups excluding carboxylic acids is 8. The number of likely N-dealkylation sites (N-methyl/N-ethyl adjacent to an activating group) is 2. The summed E-state index contributed by atoms with van der Waals surface area (Å²) in [5.74, 6) is -6.05. The van der Waals surface area contributed by atoms with Gasteiger partial charge in [0.15, 0.2) is 29.8 Å². The second-order valence-corrected chi connectivity index (χ2v) is 24.6. The molecule has 24 nitrogen and oxygen atoms in total. The molecule has 0 radical (unpaired) electrons. The predicted molar refractivity (Wildman–Crippen MR) is 328 cm³/mol. The zero-order chi connectivity index (χ0) is 66.7. The van der Waals surface area contributed by atoms with Crippen molar-refractivity contribution in [1.82, 2.24) is 19.6 Å². The zero-order valence-electron chi connectivity index (χ0n) is 55.5. The van der Waals surface area contributed by atoms with Gasteiger partial charge in [-0.2, -0.15) is 0 Å². The molecular formula is C65H99N5O19. The molecule has 0 bridgehead atoms. The standard InChI is InChI=1S/C65H99N5O19/c1-19-39(7)56(67(15)62(76)47(37(3)4)33-51(74)55(38(5)6)66(13)14)53(81-16)34-54(75)69-30-24-27-48(69)58(82-17)41(9)50(73)31-40(8)57(46-25-22-21-23-26-46)85-36-68(20-2)65(78)84-35-45-28-29-52(49(32-45)70(79)80)88-64-42(10)59(86-43(11)71)60(87-44(12)72)61(89-64)63(77)83-18/h21-23,25-26,28-29,32,37-42,47-48,53,55-61,64H,19-20,24,27,30-31,33-36H2,1-18H3/t39-,40-,41-,42+,47-,48-,53+,55-,56-,57+,58+,59+,60-,61-,64+/m0/s1. The molecule has 0 spiro atoms. The van der Waals surface area contributed by atoms with Crippen molar-refractivity contribution in [1.29, 1.82) is 0 Å². The maximum Gasteiger partial charge on any atom is 0.411 e. The van der Waals surface area contributed by atoms with Crippen LogP contribution in [0, 0.1) is 51.5 Å². The van der Waals surface area contributed by atoms with E-state index in [2.05, 4.69) is 0 Å². The Hall–Kier alpha value is -6.60. The third-order valence-electron chi connectivity index (χ3n) is 17.3. The van der Waals surface area contributed by atoms with E-state index in [1.54, 1.807) is 44.9 Å². The molecule has 0 aromatic heterocycles. The molecule has 4 rings (SSSR count). The highest BCUT2D eigenvalue weighted by molar-refractivity contribution is 5.90. The Morgan fingerprint density at radius 3 is 1.98 bits per heavy atom. The molecule has 0 saturated carbocycles. The molecule has 2 aliphatic rings. The zero-order valence-corrected chi connectivity index (χ0v) is 55.5. The van der Waals surface area contributed by atoms with Gasteiger partial charge in [0.2, 0.25) is 18.1 Å². The summed E-state index contributed by atoms with van der Waals surface area (Å²) < 4.78 is 51.8. The van der Waals surface area contributed by atoms with E-state index in [1.165, 1.54) is 24.0 Å². The molecular weight excluding hydrogens is 1150 g/mol. The Kier molecular flexibility index (Phi) is 29.5. The first kappa shape index (κ1) is 74.9. The fourth-order valence-electron chi connectivity index (χ4n) is 12.4. The van der Waals surface area contributed by atoms with Gasteiger partial charge in [-0.25, -0.2) is 9.59 Å². The van der Waals surface area contributed by atoms with E-state index in [4.69, 9.17) is 42.6 Å². The minimum atomic E-state index is -1.63. The fraction of sp³-hybridized carbons (Fsp3) is 0.692. The Morgan fingerprint density at radius 1 is 0.798 bits per heavy atom. The number of ketones is 2. The van der Waals surface area contributed by atoms with Gasteiger partial charge in [0.1, 0.15) is 19.1 Å². The molecule has 0 aliphatic carbocycles. The average molecular weight is 1250 g/mol. The number of nitro benzene ring substituents is 1. The number of esters is 3. The van der Waals surface area contributed by atoms with Gasteiger partial charge in [-0.05, 0) is 74.7 Å². The highest BCUT2D eigenvalue weighted by atomic mass is 16.7. The second kappa shape index (κ2) is 35.1. The monoisotopic (exact) mass is 1250 g/mol. The summed E-state index contributed by atoms with van der Waals surface area (Å²) >= 11 is 0. The minimum Gasteiger partial charge on any atom is -0.467 e. The summed E-state index contributed by atoms with van der Waals surface area (Å²) in [5, 5.41) is 12.5. The quantitative estimate of drug-likeness (QED) is 0.0209. The minimum absolute atomic E-state index is 0.0109. The number of hydrogen-bond acceptors (Lipinski definition) is 20. The molecule has 2 saturated heterocycles. The molecule has 3 amide bonds. The number of nitrogens with zero attached hydrogens (tertiary/aromatic N) is 5. The lowest BCUT2D eigenvalue weighted by molar-refractivity contribution is -0.387. The number of methoxy groups -OCH3 is 3. The van der Waals surface area contributed by atoms with Crippen molar-refractivity contribution in [2.45, 2.75) is 189 Å².